The van der Waals surface area contributed by atoms with Crippen molar-refractivity contribution in [2.24, 2.45) is 0 Å². The maximum absolute atomic E-state index is 14.1. The fourth-order valence-electron chi connectivity index (χ4n) is 1.57. The summed E-state index contributed by atoms with van der Waals surface area (Å²) in [5, 5.41) is 0.152. The van der Waals surface area contributed by atoms with Crippen LogP contribution in [0.3, 0.4) is 0 Å². The van der Waals surface area contributed by atoms with Gasteiger partial charge in [0, 0.05) is 24.2 Å². The van der Waals surface area contributed by atoms with E-state index in [-0.39, 0.29) is 16.5 Å². The van der Waals surface area contributed by atoms with E-state index < -0.39 is 20.7 Å². The van der Waals surface area contributed by atoms with Gasteiger partial charge in [0.05, 0.1) is 5.88 Å². The van der Waals surface area contributed by atoms with Gasteiger partial charge in [-0.25, -0.2) is 17.1 Å². The Bertz CT molecular complexity index is 549. The number of hydrogen-bond donors (Lipinski definition) is 0. The highest BCUT2D eigenvalue weighted by atomic mass is 35.5. The lowest BCUT2D eigenvalue weighted by molar-refractivity contribution is 0.453. The molecule has 0 saturated heterocycles. The van der Waals surface area contributed by atoms with Crippen molar-refractivity contribution >= 4 is 33.2 Å². The van der Waals surface area contributed by atoms with Crippen molar-refractivity contribution in [3.8, 4) is 0 Å². The van der Waals surface area contributed by atoms with Gasteiger partial charge >= 0.3 is 0 Å². The van der Waals surface area contributed by atoms with Crippen LogP contribution < -0.4 is 0 Å². The van der Waals surface area contributed by atoms with Gasteiger partial charge in [-0.1, -0.05) is 24.9 Å². The average molecular weight is 328 g/mol. The molecule has 19 heavy (non-hydrogen) atoms. The summed E-state index contributed by atoms with van der Waals surface area (Å²) in [5.74, 6) is -0.962. The quantitative estimate of drug-likeness (QED) is 0.748. The van der Waals surface area contributed by atoms with E-state index in [1.54, 1.807) is 0 Å². The largest absolute Gasteiger partial charge is 0.245 e. The van der Waals surface area contributed by atoms with Gasteiger partial charge < -0.3 is 0 Å². The Hall–Kier alpha value is -0.360. The van der Waals surface area contributed by atoms with Crippen LogP contribution in [0, 0.1) is 5.82 Å². The Morgan fingerprint density at radius 1 is 1.37 bits per heavy atom. The summed E-state index contributed by atoms with van der Waals surface area (Å²) in [4.78, 5) is -0.422. The van der Waals surface area contributed by atoms with E-state index in [0.29, 0.717) is 13.0 Å². The zero-order chi connectivity index (χ0) is 14.6. The van der Waals surface area contributed by atoms with Crippen LogP contribution in [0.1, 0.15) is 25.3 Å². The minimum atomic E-state index is -3.88. The van der Waals surface area contributed by atoms with Crippen molar-refractivity contribution in [1.82, 2.24) is 4.31 Å². The Kier molecular flexibility index (Phi) is 6.05. The average Bonchev–Trinajstić information content (AvgIpc) is 2.37. The summed E-state index contributed by atoms with van der Waals surface area (Å²) in [5.41, 5.74) is 0.0802. The molecule has 0 aliphatic carbocycles. The molecule has 1 aromatic rings. The Balaban J connectivity index is 3.25. The molecule has 0 spiro atoms. The molecule has 0 amide bonds. The third-order valence-electron chi connectivity index (χ3n) is 2.74. The van der Waals surface area contributed by atoms with Crippen LogP contribution in [0.4, 0.5) is 4.39 Å². The highest BCUT2D eigenvalue weighted by Gasteiger charge is 2.26. The molecule has 7 heteroatoms. The molecular weight excluding hydrogens is 312 g/mol. The number of halogens is 3. The third kappa shape index (κ3) is 3.81. The molecule has 1 rings (SSSR count). The molecule has 0 heterocycles. The van der Waals surface area contributed by atoms with Crippen molar-refractivity contribution < 1.29 is 12.8 Å². The molecule has 0 aliphatic heterocycles. The molecule has 0 aliphatic rings. The van der Waals surface area contributed by atoms with E-state index in [1.807, 2.05) is 6.92 Å². The summed E-state index contributed by atoms with van der Waals surface area (Å²) in [6.45, 7) is 2.28. The van der Waals surface area contributed by atoms with Gasteiger partial charge in [0.15, 0.2) is 0 Å². The van der Waals surface area contributed by atoms with Gasteiger partial charge in [-0.3, -0.25) is 0 Å². The minimum absolute atomic E-state index is 0.0802. The normalized spacial score (nSPS) is 12.1. The van der Waals surface area contributed by atoms with Crippen LogP contribution in [0.25, 0.3) is 0 Å². The van der Waals surface area contributed by atoms with Gasteiger partial charge in [-0.05, 0) is 18.6 Å². The Morgan fingerprint density at radius 3 is 2.53 bits per heavy atom. The first-order valence-electron chi connectivity index (χ1n) is 5.84. The predicted molar refractivity (Wildman–Crippen MR) is 75.7 cm³/mol. The molecule has 3 nitrogen and oxygen atoms in total. The zero-order valence-electron chi connectivity index (χ0n) is 10.8. The second-order valence-electron chi connectivity index (χ2n) is 4.19. The van der Waals surface area contributed by atoms with Crippen LogP contribution in [0.2, 0.25) is 5.02 Å². The number of nitrogens with zero attached hydrogens (tertiary/aromatic N) is 1. The SMILES string of the molecule is CCCCN(C)S(=O)(=O)c1cc(Cl)cc(CCl)c1F. The number of rotatable bonds is 6. The molecule has 108 valence electrons. The first kappa shape index (κ1) is 16.7. The maximum atomic E-state index is 14.1. The lowest BCUT2D eigenvalue weighted by Crippen LogP contribution is -2.28. The van der Waals surface area contributed by atoms with E-state index >= 15 is 0 Å². The molecule has 0 unspecified atom stereocenters. The van der Waals surface area contributed by atoms with Gasteiger partial charge in [0.2, 0.25) is 10.0 Å². The maximum Gasteiger partial charge on any atom is 0.245 e. The lowest BCUT2D eigenvalue weighted by atomic mass is 10.2. The Labute approximate surface area is 123 Å². The summed E-state index contributed by atoms with van der Waals surface area (Å²) in [6.07, 6.45) is 1.56. The third-order valence-corrected chi connectivity index (χ3v) is 5.10. The zero-order valence-corrected chi connectivity index (χ0v) is 13.1. The van der Waals surface area contributed by atoms with Crippen molar-refractivity contribution in [3.63, 3.8) is 0 Å². The molecule has 0 radical (unpaired) electrons. The van der Waals surface area contributed by atoms with Crippen molar-refractivity contribution in [2.45, 2.75) is 30.5 Å². The summed E-state index contributed by atoms with van der Waals surface area (Å²) in [7, 11) is -2.46. The van der Waals surface area contributed by atoms with E-state index in [9.17, 15) is 12.8 Å². The summed E-state index contributed by atoms with van der Waals surface area (Å²) < 4.78 is 39.7. The highest BCUT2D eigenvalue weighted by molar-refractivity contribution is 7.89. The van der Waals surface area contributed by atoms with Gasteiger partial charge in [0.1, 0.15) is 10.7 Å². The van der Waals surface area contributed by atoms with Crippen molar-refractivity contribution in [2.75, 3.05) is 13.6 Å². The van der Waals surface area contributed by atoms with Crippen LogP contribution in [0.15, 0.2) is 17.0 Å². The topological polar surface area (TPSA) is 37.4 Å². The second kappa shape index (κ2) is 6.88. The first-order chi connectivity index (χ1) is 8.84. The molecule has 0 bridgehead atoms. The number of hydrogen-bond acceptors (Lipinski definition) is 2. The minimum Gasteiger partial charge on any atom is -0.207 e. The fraction of sp³-hybridized carbons (Fsp3) is 0.500. The van der Waals surface area contributed by atoms with E-state index in [4.69, 9.17) is 23.2 Å². The number of alkyl halides is 1. The second-order valence-corrected chi connectivity index (χ2v) is 6.91. The van der Waals surface area contributed by atoms with Crippen molar-refractivity contribution in [1.29, 1.82) is 0 Å². The number of sulfonamides is 1. The first-order valence-corrected chi connectivity index (χ1v) is 8.20. The lowest BCUT2D eigenvalue weighted by Gasteiger charge is -2.18. The van der Waals surface area contributed by atoms with Crippen LogP contribution in [0.5, 0.6) is 0 Å². The number of unbranched alkanes of at least 4 members (excludes halogenated alkanes) is 1. The number of benzene rings is 1. The van der Waals surface area contributed by atoms with Crippen LogP contribution in [-0.2, 0) is 15.9 Å². The highest BCUT2D eigenvalue weighted by Crippen LogP contribution is 2.26. The van der Waals surface area contributed by atoms with E-state index in [2.05, 4.69) is 0 Å². The van der Waals surface area contributed by atoms with E-state index in [0.717, 1.165) is 16.8 Å². The van der Waals surface area contributed by atoms with Crippen LogP contribution >= 0.6 is 23.2 Å². The fourth-order valence-corrected chi connectivity index (χ4v) is 3.41. The molecular formula is C12H16Cl2FNO2S. The summed E-state index contributed by atoms with van der Waals surface area (Å²) >= 11 is 11.4. The van der Waals surface area contributed by atoms with E-state index in [1.165, 1.54) is 13.1 Å². The molecule has 1 aromatic carbocycles. The van der Waals surface area contributed by atoms with Crippen LogP contribution in [-0.4, -0.2) is 26.3 Å². The van der Waals surface area contributed by atoms with Gasteiger partial charge in [-0.15, -0.1) is 11.6 Å². The molecule has 0 fully saturated rings. The summed E-state index contributed by atoms with van der Waals surface area (Å²) in [6, 6.07) is 2.44. The molecule has 0 N–H and O–H groups in total. The van der Waals surface area contributed by atoms with Gasteiger partial charge in [0.25, 0.3) is 0 Å². The molecule has 0 atom stereocenters. The molecule has 0 aromatic heterocycles. The predicted octanol–water partition coefficient (Wildman–Crippen LogP) is 3.64. The van der Waals surface area contributed by atoms with Gasteiger partial charge in [-0.2, -0.15) is 0 Å². The monoisotopic (exact) mass is 327 g/mol. The smallest absolute Gasteiger partial charge is 0.207 e. The Morgan fingerprint density at radius 2 is 2.00 bits per heavy atom. The standard InChI is InChI=1S/C12H16Cl2FNO2S/c1-3-4-5-16(2)19(17,18)11-7-10(14)6-9(8-13)12(11)15/h6-7H,3-5,8H2,1-2H3. The van der Waals surface area contributed by atoms with Crippen molar-refractivity contribution in [3.05, 3.63) is 28.5 Å². The molecule has 0 saturated carbocycles.